The zero-order chi connectivity index (χ0) is 16.7. The molecule has 1 N–H and O–H groups in total. The van der Waals surface area contributed by atoms with Crippen LogP contribution in [0.5, 0.6) is 5.75 Å². The first-order valence-corrected chi connectivity index (χ1v) is 8.71. The summed E-state index contributed by atoms with van der Waals surface area (Å²) in [4.78, 5) is 6.87. The quantitative estimate of drug-likeness (QED) is 0.324. The molecule has 1 aromatic rings. The van der Waals surface area contributed by atoms with Crippen LogP contribution in [0, 0.1) is 11.8 Å². The minimum atomic E-state index is 0. The number of aliphatic imine (C=N–C) groups is 1. The Bertz CT molecular complexity index is 511. The van der Waals surface area contributed by atoms with Crippen LogP contribution >= 0.6 is 24.0 Å². The fraction of sp³-hybridized carbons (Fsp3) is 0.632. The Morgan fingerprint density at radius 1 is 1.29 bits per heavy atom. The topological polar surface area (TPSA) is 36.9 Å². The first kappa shape index (κ1) is 21.1. The molecule has 1 fully saturated rings. The van der Waals surface area contributed by atoms with Crippen molar-refractivity contribution in [2.24, 2.45) is 16.8 Å². The molecule has 24 heavy (non-hydrogen) atoms. The molecule has 2 unspecified atom stereocenters. The number of ether oxygens (including phenoxy) is 1. The third kappa shape index (κ3) is 6.49. The molecule has 1 aromatic carbocycles. The molecule has 0 aromatic heterocycles. The third-order valence-corrected chi connectivity index (χ3v) is 4.44. The van der Waals surface area contributed by atoms with E-state index in [2.05, 4.69) is 47.3 Å². The molecule has 136 valence electrons. The average Bonchev–Trinajstić information content (AvgIpc) is 2.54. The summed E-state index contributed by atoms with van der Waals surface area (Å²) in [5.41, 5.74) is 1.32. The lowest BCUT2D eigenvalue weighted by atomic mass is 9.92. The molecule has 0 radical (unpaired) electrons. The first-order chi connectivity index (χ1) is 11.1. The van der Waals surface area contributed by atoms with E-state index < -0.39 is 0 Å². The summed E-state index contributed by atoms with van der Waals surface area (Å²) in [5, 5.41) is 3.52. The Kier molecular flexibility index (Phi) is 9.48. The van der Waals surface area contributed by atoms with E-state index in [1.807, 2.05) is 13.1 Å². The van der Waals surface area contributed by atoms with E-state index in [-0.39, 0.29) is 24.0 Å². The number of hydrogen-bond donors (Lipinski definition) is 1. The maximum Gasteiger partial charge on any atom is 0.193 e. The van der Waals surface area contributed by atoms with E-state index in [0.717, 1.165) is 56.0 Å². The SMILES string of the molecule is CN=C(NCCCc1cccc(OC)c1)N1CC(C)CC(C)C1.I. The summed E-state index contributed by atoms with van der Waals surface area (Å²) >= 11 is 0. The van der Waals surface area contributed by atoms with Gasteiger partial charge in [0.2, 0.25) is 0 Å². The zero-order valence-electron chi connectivity index (χ0n) is 15.4. The second-order valence-corrected chi connectivity index (χ2v) is 6.78. The van der Waals surface area contributed by atoms with Crippen LogP contribution in [0.2, 0.25) is 0 Å². The van der Waals surface area contributed by atoms with E-state index >= 15 is 0 Å². The van der Waals surface area contributed by atoms with Gasteiger partial charge < -0.3 is 15.0 Å². The molecule has 1 aliphatic heterocycles. The largest absolute Gasteiger partial charge is 0.497 e. The predicted molar refractivity (Wildman–Crippen MR) is 113 cm³/mol. The summed E-state index contributed by atoms with van der Waals surface area (Å²) in [6.45, 7) is 7.83. The molecular formula is C19H32IN3O. The van der Waals surface area contributed by atoms with Gasteiger partial charge in [-0.1, -0.05) is 26.0 Å². The van der Waals surface area contributed by atoms with Gasteiger partial charge in [0.05, 0.1) is 7.11 Å². The normalized spacial score (nSPS) is 21.2. The summed E-state index contributed by atoms with van der Waals surface area (Å²) in [5.74, 6) is 3.47. The lowest BCUT2D eigenvalue weighted by molar-refractivity contribution is 0.208. The van der Waals surface area contributed by atoms with E-state index in [1.165, 1.54) is 12.0 Å². The van der Waals surface area contributed by atoms with Gasteiger partial charge in [0, 0.05) is 26.7 Å². The molecule has 2 rings (SSSR count). The van der Waals surface area contributed by atoms with E-state index in [4.69, 9.17) is 4.74 Å². The highest BCUT2D eigenvalue weighted by atomic mass is 127. The molecular weight excluding hydrogens is 413 g/mol. The van der Waals surface area contributed by atoms with Crippen molar-refractivity contribution in [1.29, 1.82) is 0 Å². The Morgan fingerprint density at radius 3 is 2.62 bits per heavy atom. The van der Waals surface area contributed by atoms with Gasteiger partial charge in [-0.15, -0.1) is 24.0 Å². The van der Waals surface area contributed by atoms with Gasteiger partial charge in [-0.2, -0.15) is 0 Å². The Balaban J connectivity index is 0.00000288. The Hall–Kier alpha value is -0.980. The molecule has 1 heterocycles. The fourth-order valence-corrected chi connectivity index (χ4v) is 3.49. The van der Waals surface area contributed by atoms with Crippen molar-refractivity contribution in [3.8, 4) is 5.75 Å². The van der Waals surface area contributed by atoms with Crippen LogP contribution in [-0.4, -0.2) is 44.7 Å². The first-order valence-electron chi connectivity index (χ1n) is 8.71. The molecule has 5 heteroatoms. The molecule has 0 bridgehead atoms. The number of hydrogen-bond acceptors (Lipinski definition) is 2. The van der Waals surface area contributed by atoms with Gasteiger partial charge in [0.1, 0.15) is 5.75 Å². The number of nitrogens with zero attached hydrogens (tertiary/aromatic N) is 2. The standard InChI is InChI=1S/C19H31N3O.HI/c1-15-11-16(2)14-22(13-15)19(20-3)21-10-6-8-17-7-5-9-18(12-17)23-4;/h5,7,9,12,15-16H,6,8,10-11,13-14H2,1-4H3,(H,20,21);1H. The van der Waals surface area contributed by atoms with E-state index in [9.17, 15) is 0 Å². The minimum Gasteiger partial charge on any atom is -0.497 e. The number of aryl methyl sites for hydroxylation is 1. The fourth-order valence-electron chi connectivity index (χ4n) is 3.49. The molecule has 1 saturated heterocycles. The van der Waals surface area contributed by atoms with Gasteiger partial charge in [-0.3, -0.25) is 4.99 Å². The predicted octanol–water partition coefficient (Wildman–Crippen LogP) is 3.80. The summed E-state index contributed by atoms with van der Waals surface area (Å²) < 4.78 is 5.27. The van der Waals surface area contributed by atoms with Gasteiger partial charge >= 0.3 is 0 Å². The van der Waals surface area contributed by atoms with Crippen LogP contribution in [0.3, 0.4) is 0 Å². The second kappa shape index (κ2) is 10.8. The summed E-state index contributed by atoms with van der Waals surface area (Å²) in [6.07, 6.45) is 3.46. The van der Waals surface area contributed by atoms with Gasteiger partial charge in [0.15, 0.2) is 5.96 Å². The molecule has 4 nitrogen and oxygen atoms in total. The Labute approximate surface area is 164 Å². The molecule has 0 spiro atoms. The van der Waals surface area contributed by atoms with Gasteiger partial charge in [0.25, 0.3) is 0 Å². The van der Waals surface area contributed by atoms with Crippen molar-refractivity contribution in [2.45, 2.75) is 33.1 Å². The minimum absolute atomic E-state index is 0. The average molecular weight is 445 g/mol. The van der Waals surface area contributed by atoms with Crippen LogP contribution in [0.4, 0.5) is 0 Å². The maximum absolute atomic E-state index is 5.27. The van der Waals surface area contributed by atoms with Gasteiger partial charge in [-0.25, -0.2) is 0 Å². The van der Waals surface area contributed by atoms with E-state index in [1.54, 1.807) is 7.11 Å². The number of methoxy groups -OCH3 is 1. The number of rotatable bonds is 5. The van der Waals surface area contributed by atoms with E-state index in [0.29, 0.717) is 0 Å². The molecule has 2 atom stereocenters. The van der Waals surface area contributed by atoms with Crippen LogP contribution in [-0.2, 0) is 6.42 Å². The monoisotopic (exact) mass is 445 g/mol. The molecule has 0 saturated carbocycles. The number of likely N-dealkylation sites (tertiary alicyclic amines) is 1. The third-order valence-electron chi connectivity index (χ3n) is 4.44. The number of piperidine rings is 1. The second-order valence-electron chi connectivity index (χ2n) is 6.78. The molecule has 1 aliphatic rings. The highest BCUT2D eigenvalue weighted by Crippen LogP contribution is 2.20. The van der Waals surface area contributed by atoms with Crippen LogP contribution < -0.4 is 10.1 Å². The van der Waals surface area contributed by atoms with Crippen LogP contribution in [0.15, 0.2) is 29.3 Å². The summed E-state index contributed by atoms with van der Waals surface area (Å²) in [7, 11) is 3.60. The lowest BCUT2D eigenvalue weighted by Gasteiger charge is -2.37. The highest BCUT2D eigenvalue weighted by Gasteiger charge is 2.23. The van der Waals surface area contributed by atoms with Crippen molar-refractivity contribution < 1.29 is 4.74 Å². The lowest BCUT2D eigenvalue weighted by Crippen LogP contribution is -2.48. The van der Waals surface area contributed by atoms with Gasteiger partial charge in [-0.05, 0) is 48.8 Å². The molecule has 0 amide bonds. The molecule has 0 aliphatic carbocycles. The number of halogens is 1. The van der Waals surface area contributed by atoms with Crippen molar-refractivity contribution in [1.82, 2.24) is 10.2 Å². The van der Waals surface area contributed by atoms with Crippen LogP contribution in [0.1, 0.15) is 32.3 Å². The highest BCUT2D eigenvalue weighted by molar-refractivity contribution is 14.0. The zero-order valence-corrected chi connectivity index (χ0v) is 17.7. The number of nitrogens with one attached hydrogen (secondary N) is 1. The smallest absolute Gasteiger partial charge is 0.193 e. The number of guanidine groups is 1. The van der Waals surface area contributed by atoms with Crippen molar-refractivity contribution >= 4 is 29.9 Å². The van der Waals surface area contributed by atoms with Crippen LogP contribution in [0.25, 0.3) is 0 Å². The number of benzene rings is 1. The summed E-state index contributed by atoms with van der Waals surface area (Å²) in [6, 6.07) is 8.31. The Morgan fingerprint density at radius 2 is 2.00 bits per heavy atom. The van der Waals surface area contributed by atoms with Crippen molar-refractivity contribution in [3.05, 3.63) is 29.8 Å². The maximum atomic E-state index is 5.27. The van der Waals surface area contributed by atoms with Crippen molar-refractivity contribution in [3.63, 3.8) is 0 Å². The van der Waals surface area contributed by atoms with Crippen molar-refractivity contribution in [2.75, 3.05) is 33.8 Å².